The molecule has 1 heterocycles. The third-order valence-corrected chi connectivity index (χ3v) is 6.23. The van der Waals surface area contributed by atoms with Gasteiger partial charge in [0, 0.05) is 23.7 Å². The molecule has 194 valence electrons. The van der Waals surface area contributed by atoms with Gasteiger partial charge in [0.2, 0.25) is 5.43 Å². The first-order valence-electron chi connectivity index (χ1n) is 12.3. The van der Waals surface area contributed by atoms with Gasteiger partial charge in [-0.25, -0.2) is 0 Å². The Hall–Kier alpha value is -3.45. The Morgan fingerprint density at radius 2 is 1.61 bits per heavy atom. The number of phenols is 3. The molecule has 0 radical (unpaired) electrons. The molecule has 0 amide bonds. The average molecular weight is 496 g/mol. The molecule has 0 fully saturated rings. The van der Waals surface area contributed by atoms with E-state index in [-0.39, 0.29) is 63.5 Å². The molecule has 0 spiro atoms. The van der Waals surface area contributed by atoms with Crippen LogP contribution < -0.4 is 15.5 Å². The molecule has 3 rings (SSSR count). The van der Waals surface area contributed by atoms with Crippen LogP contribution in [0.3, 0.4) is 0 Å². The Morgan fingerprint density at radius 3 is 2.19 bits per heavy atom. The number of nitrogens with one attached hydrogen (secondary N) is 1. The van der Waals surface area contributed by atoms with Crippen molar-refractivity contribution in [3.8, 4) is 23.0 Å². The lowest BCUT2D eigenvalue weighted by atomic mass is 9.96. The molecule has 36 heavy (non-hydrogen) atoms. The Morgan fingerprint density at radius 1 is 0.972 bits per heavy atom. The number of phenolic OH excluding ortho intramolecular Hbond substituents is 3. The molecule has 0 aliphatic heterocycles. The number of unbranched alkanes of at least 4 members (excludes halogenated alkanes) is 1. The maximum atomic E-state index is 14.0. The van der Waals surface area contributed by atoms with Crippen LogP contribution in [0.1, 0.15) is 64.2 Å². The number of aromatic hydroxyl groups is 3. The van der Waals surface area contributed by atoms with E-state index in [0.29, 0.717) is 17.5 Å². The van der Waals surface area contributed by atoms with Crippen LogP contribution in [0.25, 0.3) is 21.9 Å². The monoisotopic (exact) mass is 495 g/mol. The normalized spacial score (nSPS) is 11.2. The lowest BCUT2D eigenvalue weighted by Gasteiger charge is -2.17. The zero-order valence-electron chi connectivity index (χ0n) is 22.0. The van der Waals surface area contributed by atoms with Gasteiger partial charge in [-0.1, -0.05) is 36.6 Å². The third-order valence-electron chi connectivity index (χ3n) is 6.23. The summed E-state index contributed by atoms with van der Waals surface area (Å²) in [6.07, 6.45) is 6.38. The summed E-state index contributed by atoms with van der Waals surface area (Å²) < 4.78 is 11.6. The lowest BCUT2D eigenvalue weighted by Crippen LogP contribution is -2.16. The van der Waals surface area contributed by atoms with Crippen LogP contribution >= 0.6 is 0 Å². The topological polar surface area (TPSA) is 112 Å². The van der Waals surface area contributed by atoms with Crippen LogP contribution in [0.5, 0.6) is 23.0 Å². The number of methoxy groups -OCH3 is 1. The van der Waals surface area contributed by atoms with E-state index in [9.17, 15) is 20.1 Å². The van der Waals surface area contributed by atoms with Crippen molar-refractivity contribution in [2.75, 3.05) is 13.7 Å². The molecule has 0 aliphatic rings. The van der Waals surface area contributed by atoms with Crippen molar-refractivity contribution in [2.45, 2.75) is 66.8 Å². The van der Waals surface area contributed by atoms with Crippen molar-refractivity contribution >= 4 is 21.9 Å². The van der Waals surface area contributed by atoms with Crippen molar-refractivity contribution in [3.63, 3.8) is 0 Å². The van der Waals surface area contributed by atoms with Gasteiger partial charge in [0.15, 0.2) is 17.1 Å². The van der Waals surface area contributed by atoms with E-state index in [4.69, 9.17) is 9.15 Å². The first-order chi connectivity index (χ1) is 17.1. The third kappa shape index (κ3) is 5.36. The molecule has 0 unspecified atom stereocenters. The maximum absolute atomic E-state index is 14.0. The van der Waals surface area contributed by atoms with E-state index in [0.717, 1.165) is 30.5 Å². The number of hydrogen-bond acceptors (Lipinski definition) is 7. The van der Waals surface area contributed by atoms with Gasteiger partial charge in [0.05, 0.1) is 18.1 Å². The van der Waals surface area contributed by atoms with E-state index < -0.39 is 5.43 Å². The Labute approximate surface area is 211 Å². The first kappa shape index (κ1) is 27.1. The van der Waals surface area contributed by atoms with E-state index in [1.165, 1.54) is 13.2 Å². The van der Waals surface area contributed by atoms with Gasteiger partial charge < -0.3 is 29.8 Å². The van der Waals surface area contributed by atoms with Gasteiger partial charge in [-0.05, 0) is 53.5 Å². The molecule has 0 bridgehead atoms. The summed E-state index contributed by atoms with van der Waals surface area (Å²) in [5.41, 5.74) is 3.04. The van der Waals surface area contributed by atoms with Crippen molar-refractivity contribution in [1.82, 2.24) is 5.32 Å². The summed E-state index contributed by atoms with van der Waals surface area (Å²) in [6.45, 7) is 10.8. The van der Waals surface area contributed by atoms with Crippen LogP contribution in [-0.4, -0.2) is 29.0 Å². The highest BCUT2D eigenvalue weighted by molar-refractivity contribution is 5.99. The fourth-order valence-electron chi connectivity index (χ4n) is 4.28. The molecular formula is C29H37NO6. The number of hydrogen-bond donors (Lipinski definition) is 4. The number of ether oxygens (including phenoxy) is 1. The lowest BCUT2D eigenvalue weighted by molar-refractivity contribution is 0.370. The Kier molecular flexibility index (Phi) is 8.69. The molecule has 7 nitrogen and oxygen atoms in total. The minimum Gasteiger partial charge on any atom is -0.507 e. The predicted octanol–water partition coefficient (Wildman–Crippen LogP) is 5.98. The van der Waals surface area contributed by atoms with Gasteiger partial charge in [-0.2, -0.15) is 0 Å². The summed E-state index contributed by atoms with van der Waals surface area (Å²) in [6, 6.07) is 1.35. The summed E-state index contributed by atoms with van der Waals surface area (Å²) in [7, 11) is 1.43. The van der Waals surface area contributed by atoms with Crippen molar-refractivity contribution in [1.29, 1.82) is 0 Å². The van der Waals surface area contributed by atoms with Gasteiger partial charge >= 0.3 is 0 Å². The molecule has 0 aliphatic carbocycles. The van der Waals surface area contributed by atoms with Gasteiger partial charge in [0.25, 0.3) is 0 Å². The van der Waals surface area contributed by atoms with Crippen molar-refractivity contribution < 1.29 is 24.5 Å². The smallest absolute Gasteiger partial charge is 0.204 e. The first-order valence-corrected chi connectivity index (χ1v) is 12.3. The SMILES string of the molecule is CCCCNCc1c(O)c(CC=C(C)C)c(O)c2c(=O)c3c(CC=C(C)C)c(OC)c(O)cc3oc12. The van der Waals surface area contributed by atoms with Gasteiger partial charge in [-0.3, -0.25) is 4.79 Å². The van der Waals surface area contributed by atoms with Crippen LogP contribution in [0, 0.1) is 0 Å². The number of fused-ring (bicyclic) bond motifs is 2. The van der Waals surface area contributed by atoms with Crippen LogP contribution in [0.15, 0.2) is 38.6 Å². The van der Waals surface area contributed by atoms with E-state index in [1.807, 2.05) is 39.8 Å². The second-order valence-corrected chi connectivity index (χ2v) is 9.57. The van der Waals surface area contributed by atoms with E-state index >= 15 is 0 Å². The summed E-state index contributed by atoms with van der Waals surface area (Å²) in [4.78, 5) is 14.0. The molecule has 3 aromatic rings. The average Bonchev–Trinajstić information content (AvgIpc) is 2.81. The number of allylic oxidation sites excluding steroid dienone is 4. The Bertz CT molecular complexity index is 1390. The summed E-state index contributed by atoms with van der Waals surface area (Å²) in [5.74, 6) is -0.364. The van der Waals surface area contributed by atoms with Crippen LogP contribution in [-0.2, 0) is 19.4 Å². The molecule has 2 aromatic carbocycles. The van der Waals surface area contributed by atoms with Gasteiger partial charge in [-0.15, -0.1) is 0 Å². The fourth-order valence-corrected chi connectivity index (χ4v) is 4.28. The van der Waals surface area contributed by atoms with Gasteiger partial charge in [0.1, 0.15) is 22.5 Å². The Balaban J connectivity index is 2.45. The fraction of sp³-hybridized carbons (Fsp3) is 0.414. The quantitative estimate of drug-likeness (QED) is 0.155. The van der Waals surface area contributed by atoms with Crippen molar-refractivity contribution in [2.24, 2.45) is 0 Å². The second kappa shape index (κ2) is 11.5. The maximum Gasteiger partial charge on any atom is 0.204 e. The molecule has 7 heteroatoms. The minimum absolute atomic E-state index is 0.0101. The predicted molar refractivity (Wildman–Crippen MR) is 144 cm³/mol. The molecule has 0 saturated heterocycles. The van der Waals surface area contributed by atoms with Crippen molar-refractivity contribution in [3.05, 3.63) is 56.3 Å². The highest BCUT2D eigenvalue weighted by Crippen LogP contribution is 2.43. The highest BCUT2D eigenvalue weighted by atomic mass is 16.5. The van der Waals surface area contributed by atoms with Crippen LogP contribution in [0.2, 0.25) is 0 Å². The zero-order chi connectivity index (χ0) is 26.6. The molecule has 1 aromatic heterocycles. The molecule has 4 N–H and O–H groups in total. The summed E-state index contributed by atoms with van der Waals surface area (Å²) in [5, 5.41) is 36.6. The molecule has 0 atom stereocenters. The number of rotatable bonds is 10. The van der Waals surface area contributed by atoms with E-state index in [1.54, 1.807) is 0 Å². The largest absolute Gasteiger partial charge is 0.507 e. The molecular weight excluding hydrogens is 458 g/mol. The van der Waals surface area contributed by atoms with Crippen LogP contribution in [0.4, 0.5) is 0 Å². The van der Waals surface area contributed by atoms with E-state index in [2.05, 4.69) is 12.2 Å². The zero-order valence-corrected chi connectivity index (χ0v) is 22.0. The minimum atomic E-state index is -0.438. The standard InChI is InChI=1S/C29H37NO6/c1-7-8-13-30-15-20-25(32)19(12-10-17(4)5)26(33)24-27(34)23-18(11-9-16(2)3)28(35-6)21(31)14-22(23)36-29(20)24/h9-10,14,30-33H,7-8,11-13,15H2,1-6H3. The highest BCUT2D eigenvalue weighted by Gasteiger charge is 2.26. The summed E-state index contributed by atoms with van der Waals surface area (Å²) >= 11 is 0. The molecule has 0 saturated carbocycles. The number of benzene rings is 2. The second-order valence-electron chi connectivity index (χ2n) is 9.57.